The zero-order valence-electron chi connectivity index (χ0n) is 14.9. The van der Waals surface area contributed by atoms with Crippen LogP contribution in [0.15, 0.2) is 59.7 Å². The Bertz CT molecular complexity index is 963. The molecule has 0 aliphatic carbocycles. The molecule has 7 heteroatoms. The smallest absolute Gasteiger partial charge is 0.416 e. The number of hydrogen-bond donors (Lipinski definition) is 0. The maximum atomic E-state index is 12.8. The van der Waals surface area contributed by atoms with Crippen LogP contribution >= 0.6 is 0 Å². The Morgan fingerprint density at radius 3 is 2.50 bits per heavy atom. The van der Waals surface area contributed by atoms with Gasteiger partial charge in [0, 0.05) is 24.7 Å². The third-order valence-electron chi connectivity index (χ3n) is 4.77. The van der Waals surface area contributed by atoms with Gasteiger partial charge in [-0.05, 0) is 35.4 Å². The molecule has 0 atom stereocenters. The van der Waals surface area contributed by atoms with Gasteiger partial charge >= 0.3 is 6.18 Å². The summed E-state index contributed by atoms with van der Waals surface area (Å²) in [6.07, 6.45) is -0.385. The van der Waals surface area contributed by atoms with E-state index in [2.05, 4.69) is 4.99 Å². The molecule has 2 aromatic rings. The van der Waals surface area contributed by atoms with E-state index in [1.807, 2.05) is 18.2 Å². The average molecular weight is 386 g/mol. The molecular weight excluding hydrogens is 369 g/mol. The van der Waals surface area contributed by atoms with Gasteiger partial charge in [0.2, 0.25) is 0 Å². The lowest BCUT2D eigenvalue weighted by Crippen LogP contribution is -2.37. The van der Waals surface area contributed by atoms with Gasteiger partial charge in [0.25, 0.3) is 5.91 Å². The predicted octanol–water partition coefficient (Wildman–Crippen LogP) is 4.45. The van der Waals surface area contributed by atoms with Gasteiger partial charge in [-0.3, -0.25) is 9.79 Å². The average Bonchev–Trinajstić information content (AvgIpc) is 3.13. The third kappa shape index (κ3) is 3.65. The Morgan fingerprint density at radius 2 is 1.82 bits per heavy atom. The van der Waals surface area contributed by atoms with Gasteiger partial charge in [0.15, 0.2) is 0 Å². The number of fused-ring (bicyclic) bond motifs is 1. The van der Waals surface area contributed by atoms with Crippen LogP contribution in [0.5, 0.6) is 5.75 Å². The first-order valence-corrected chi connectivity index (χ1v) is 8.86. The normalized spacial score (nSPS) is 16.2. The van der Waals surface area contributed by atoms with Crippen molar-refractivity contribution in [3.63, 3.8) is 0 Å². The van der Waals surface area contributed by atoms with Gasteiger partial charge in [0.1, 0.15) is 18.1 Å². The lowest BCUT2D eigenvalue weighted by Gasteiger charge is -2.20. The summed E-state index contributed by atoms with van der Waals surface area (Å²) in [5.74, 6) is 0.554. The monoisotopic (exact) mass is 386 g/mol. The van der Waals surface area contributed by atoms with Crippen LogP contribution in [0.3, 0.4) is 0 Å². The van der Waals surface area contributed by atoms with Gasteiger partial charge in [-0.25, -0.2) is 0 Å². The van der Waals surface area contributed by atoms with E-state index in [0.29, 0.717) is 43.1 Å². The fourth-order valence-corrected chi connectivity index (χ4v) is 3.28. The van der Waals surface area contributed by atoms with Crippen LogP contribution in [0.2, 0.25) is 0 Å². The fraction of sp³-hybridized carbons (Fsp3) is 0.238. The number of benzene rings is 2. The number of aliphatic imine (C=N–C) groups is 1. The van der Waals surface area contributed by atoms with Gasteiger partial charge in [0.05, 0.1) is 12.1 Å². The number of rotatable bonds is 2. The first-order valence-electron chi connectivity index (χ1n) is 8.86. The molecule has 4 nitrogen and oxygen atoms in total. The third-order valence-corrected chi connectivity index (χ3v) is 4.77. The van der Waals surface area contributed by atoms with Gasteiger partial charge in [-0.15, -0.1) is 0 Å². The SMILES string of the molecule is O=C(C1=NC=CC1)N1CCOc2ccc(-c3ccc(C(F)(F)F)cc3)cc2C1. The molecule has 4 rings (SSSR count). The Hall–Kier alpha value is -3.09. The highest BCUT2D eigenvalue weighted by Gasteiger charge is 2.30. The van der Waals surface area contributed by atoms with Gasteiger partial charge in [-0.1, -0.05) is 24.3 Å². The topological polar surface area (TPSA) is 41.9 Å². The molecule has 0 unspecified atom stereocenters. The number of amides is 1. The van der Waals surface area contributed by atoms with E-state index in [9.17, 15) is 18.0 Å². The number of carbonyl (C=O) groups excluding carboxylic acids is 1. The summed E-state index contributed by atoms with van der Waals surface area (Å²) in [4.78, 5) is 18.4. The van der Waals surface area contributed by atoms with Gasteiger partial charge < -0.3 is 9.64 Å². The molecule has 0 N–H and O–H groups in total. The zero-order chi connectivity index (χ0) is 19.7. The van der Waals surface area contributed by atoms with E-state index < -0.39 is 11.7 Å². The molecule has 0 fully saturated rings. The first kappa shape index (κ1) is 18.3. The van der Waals surface area contributed by atoms with Crippen molar-refractivity contribution in [1.82, 2.24) is 4.90 Å². The second-order valence-corrected chi connectivity index (χ2v) is 6.64. The Morgan fingerprint density at radius 1 is 1.07 bits per heavy atom. The molecule has 0 aromatic heterocycles. The Balaban J connectivity index is 1.59. The predicted molar refractivity (Wildman–Crippen MR) is 99.0 cm³/mol. The van der Waals surface area contributed by atoms with Crippen LogP contribution < -0.4 is 4.74 Å². The van der Waals surface area contributed by atoms with Crippen LogP contribution in [0, 0.1) is 0 Å². The summed E-state index contributed by atoms with van der Waals surface area (Å²) < 4.78 is 44.1. The standard InChI is InChI=1S/C21H17F3N2O2/c22-21(23,24)17-6-3-14(4-7-17)15-5-8-19-16(12-15)13-26(10-11-28-19)20(27)18-2-1-9-25-18/h1,3-9,12H,2,10-11,13H2. The summed E-state index contributed by atoms with van der Waals surface area (Å²) in [5, 5.41) is 0. The largest absolute Gasteiger partial charge is 0.491 e. The molecule has 2 aliphatic heterocycles. The highest BCUT2D eigenvalue weighted by molar-refractivity contribution is 6.39. The van der Waals surface area contributed by atoms with Crippen molar-refractivity contribution >= 4 is 11.6 Å². The highest BCUT2D eigenvalue weighted by Crippen LogP contribution is 2.33. The van der Waals surface area contributed by atoms with Crippen LogP contribution in [-0.4, -0.2) is 29.7 Å². The maximum Gasteiger partial charge on any atom is 0.416 e. The van der Waals surface area contributed by atoms with E-state index in [1.54, 1.807) is 17.2 Å². The quantitative estimate of drug-likeness (QED) is 0.765. The van der Waals surface area contributed by atoms with Crippen molar-refractivity contribution in [2.45, 2.75) is 19.1 Å². The van der Waals surface area contributed by atoms with Crippen molar-refractivity contribution in [2.75, 3.05) is 13.2 Å². The summed E-state index contributed by atoms with van der Waals surface area (Å²) in [6, 6.07) is 10.5. The molecule has 0 saturated carbocycles. The van der Waals surface area contributed by atoms with E-state index >= 15 is 0 Å². The van der Waals surface area contributed by atoms with Gasteiger partial charge in [-0.2, -0.15) is 13.2 Å². The number of alkyl halides is 3. The molecule has 28 heavy (non-hydrogen) atoms. The van der Waals surface area contributed by atoms with Crippen molar-refractivity contribution < 1.29 is 22.7 Å². The summed E-state index contributed by atoms with van der Waals surface area (Å²) >= 11 is 0. The number of halogens is 3. The van der Waals surface area contributed by atoms with E-state index in [-0.39, 0.29) is 5.91 Å². The van der Waals surface area contributed by atoms with Crippen molar-refractivity contribution in [2.24, 2.45) is 4.99 Å². The second-order valence-electron chi connectivity index (χ2n) is 6.64. The minimum Gasteiger partial charge on any atom is -0.491 e. The second kappa shape index (κ2) is 7.14. The zero-order valence-corrected chi connectivity index (χ0v) is 14.9. The van der Waals surface area contributed by atoms with Crippen molar-refractivity contribution in [3.05, 3.63) is 65.9 Å². The molecule has 0 spiro atoms. The lowest BCUT2D eigenvalue weighted by atomic mass is 10.0. The van der Waals surface area contributed by atoms with Crippen LogP contribution in [0.1, 0.15) is 17.5 Å². The van der Waals surface area contributed by atoms with Crippen LogP contribution in [-0.2, 0) is 17.5 Å². The molecule has 2 aliphatic rings. The molecule has 144 valence electrons. The van der Waals surface area contributed by atoms with E-state index in [4.69, 9.17) is 4.74 Å². The first-order chi connectivity index (χ1) is 13.4. The Kier molecular flexibility index (Phi) is 4.66. The van der Waals surface area contributed by atoms with Crippen molar-refractivity contribution in [3.8, 4) is 16.9 Å². The lowest BCUT2D eigenvalue weighted by molar-refractivity contribution is -0.137. The van der Waals surface area contributed by atoms with Crippen LogP contribution in [0.4, 0.5) is 13.2 Å². The summed E-state index contributed by atoms with van der Waals surface area (Å²) in [5.41, 5.74) is 2.07. The molecule has 1 amide bonds. The maximum absolute atomic E-state index is 12.8. The minimum absolute atomic E-state index is 0.124. The molecule has 2 heterocycles. The number of nitrogens with zero attached hydrogens (tertiary/aromatic N) is 2. The summed E-state index contributed by atoms with van der Waals surface area (Å²) in [7, 11) is 0. The number of carbonyl (C=O) groups is 1. The number of allylic oxidation sites excluding steroid dienone is 1. The molecule has 0 saturated heterocycles. The minimum atomic E-state index is -4.36. The Labute approximate surface area is 159 Å². The number of ether oxygens (including phenoxy) is 1. The fourth-order valence-electron chi connectivity index (χ4n) is 3.28. The molecular formula is C21H17F3N2O2. The molecule has 0 bridgehead atoms. The summed E-state index contributed by atoms with van der Waals surface area (Å²) in [6.45, 7) is 1.18. The van der Waals surface area contributed by atoms with Crippen molar-refractivity contribution in [1.29, 1.82) is 0 Å². The van der Waals surface area contributed by atoms with E-state index in [1.165, 1.54) is 12.1 Å². The van der Waals surface area contributed by atoms with E-state index in [0.717, 1.165) is 23.3 Å². The molecule has 2 aromatic carbocycles. The molecule has 0 radical (unpaired) electrons. The van der Waals surface area contributed by atoms with Crippen LogP contribution in [0.25, 0.3) is 11.1 Å². The highest BCUT2D eigenvalue weighted by atomic mass is 19.4. The number of hydrogen-bond acceptors (Lipinski definition) is 3.